The van der Waals surface area contributed by atoms with Crippen LogP contribution in [0.3, 0.4) is 0 Å². The first kappa shape index (κ1) is 9.45. The molecule has 0 saturated carbocycles. The number of nitrogens with zero attached hydrogens (tertiary/aromatic N) is 1. The van der Waals surface area contributed by atoms with Gasteiger partial charge in [0.15, 0.2) is 0 Å². The molecule has 1 aromatic carbocycles. The van der Waals surface area contributed by atoms with Crippen LogP contribution < -0.4 is 5.19 Å². The van der Waals surface area contributed by atoms with Gasteiger partial charge in [-0.25, -0.2) is 4.39 Å². The number of benzene rings is 1. The molecule has 0 atom stereocenters. The van der Waals surface area contributed by atoms with Crippen LogP contribution in [0.2, 0.25) is 19.6 Å². The highest BCUT2D eigenvalue weighted by atomic mass is 28.3. The van der Waals surface area contributed by atoms with E-state index < -0.39 is 20.7 Å². The van der Waals surface area contributed by atoms with E-state index in [1.807, 2.05) is 6.07 Å². The minimum absolute atomic E-state index is 0.00229. The zero-order valence-electron chi connectivity index (χ0n) is 13.8. The first-order valence-electron chi connectivity index (χ1n) is 7.36. The number of hydrogen-bond donors (Lipinski definition) is 0. The Hall–Kier alpha value is -1.48. The molecule has 18 heavy (non-hydrogen) atoms. The molecule has 0 saturated heterocycles. The molecule has 0 aliphatic rings. The van der Waals surface area contributed by atoms with Crippen LogP contribution in [0.4, 0.5) is 4.39 Å². The first-order valence-corrected chi connectivity index (χ1v) is 9.36. The number of hydrogen-bond acceptors (Lipinski definition) is 1. The molecule has 94 valence electrons. The van der Waals surface area contributed by atoms with Crippen molar-refractivity contribution in [3.05, 3.63) is 47.9 Å². The maximum atomic E-state index is 14.1. The molecule has 2 aromatic rings. The van der Waals surface area contributed by atoms with Gasteiger partial charge in [-0.2, -0.15) is 0 Å². The number of aryl methyl sites for hydroxylation is 1. The van der Waals surface area contributed by atoms with Crippen molar-refractivity contribution in [3.8, 4) is 11.3 Å². The zero-order valence-corrected chi connectivity index (χ0v) is 11.8. The van der Waals surface area contributed by atoms with Gasteiger partial charge in [0.25, 0.3) is 0 Å². The quantitative estimate of drug-likeness (QED) is 0.751. The summed E-state index contributed by atoms with van der Waals surface area (Å²) in [4.78, 5) is 4.32. The molecule has 2 rings (SSSR count). The molecule has 0 unspecified atom stereocenters. The normalized spacial score (nSPS) is 14.8. The van der Waals surface area contributed by atoms with Gasteiger partial charge < -0.3 is 0 Å². The Morgan fingerprint density at radius 1 is 1.17 bits per heavy atom. The topological polar surface area (TPSA) is 12.9 Å². The Labute approximate surface area is 113 Å². The summed E-state index contributed by atoms with van der Waals surface area (Å²) in [5, 5.41) is 1.20. The van der Waals surface area contributed by atoms with Crippen LogP contribution in [0.1, 0.15) is 9.68 Å². The third-order valence-corrected chi connectivity index (χ3v) is 4.90. The Morgan fingerprint density at radius 3 is 2.44 bits per heavy atom. The molecule has 0 N–H and O–H groups in total. The Bertz CT molecular complexity index is 645. The molecule has 0 amide bonds. The molecule has 0 radical (unpaired) electrons. The lowest BCUT2D eigenvalue weighted by molar-refractivity contribution is 0.629. The first-order chi connectivity index (χ1) is 9.59. The molecule has 0 spiro atoms. The van der Waals surface area contributed by atoms with Crippen molar-refractivity contribution in [1.29, 1.82) is 0 Å². The smallest absolute Gasteiger partial charge is 0.132 e. The lowest BCUT2D eigenvalue weighted by Crippen LogP contribution is -2.37. The van der Waals surface area contributed by atoms with Crippen molar-refractivity contribution < 1.29 is 8.50 Å². The number of aromatic nitrogens is 1. The van der Waals surface area contributed by atoms with Crippen LogP contribution in [-0.4, -0.2) is 13.1 Å². The van der Waals surface area contributed by atoms with Crippen molar-refractivity contribution in [1.82, 2.24) is 4.98 Å². The van der Waals surface area contributed by atoms with Crippen LogP contribution in [0.25, 0.3) is 11.3 Å². The highest BCUT2D eigenvalue weighted by Gasteiger charge is 2.17. The molecule has 0 aliphatic heterocycles. The average Bonchev–Trinajstić information content (AvgIpc) is 2.36. The summed E-state index contributed by atoms with van der Waals surface area (Å²) >= 11 is 0. The van der Waals surface area contributed by atoms with Crippen LogP contribution in [0.15, 0.2) is 36.5 Å². The fourth-order valence-corrected chi connectivity index (χ4v) is 2.75. The van der Waals surface area contributed by atoms with E-state index in [0.717, 1.165) is 6.07 Å². The highest BCUT2D eigenvalue weighted by Crippen LogP contribution is 2.21. The Balaban J connectivity index is 2.39. The van der Waals surface area contributed by atoms with Gasteiger partial charge in [0, 0.05) is 15.9 Å². The molecule has 0 bridgehead atoms. The molecule has 0 fully saturated rings. The van der Waals surface area contributed by atoms with E-state index in [2.05, 4.69) is 24.6 Å². The van der Waals surface area contributed by atoms with Gasteiger partial charge in [0.05, 0.1) is 13.8 Å². The second kappa shape index (κ2) is 4.65. The minimum Gasteiger partial charge on any atom is -0.256 e. The van der Waals surface area contributed by atoms with Crippen molar-refractivity contribution >= 4 is 13.3 Å². The van der Waals surface area contributed by atoms with Crippen LogP contribution in [-0.2, 0) is 0 Å². The summed E-state index contributed by atoms with van der Waals surface area (Å²) < 4.78 is 36.0. The summed E-state index contributed by atoms with van der Waals surface area (Å²) in [6, 6.07) is 7.75. The Morgan fingerprint density at radius 2 is 1.94 bits per heavy atom. The van der Waals surface area contributed by atoms with Gasteiger partial charge >= 0.3 is 0 Å². The van der Waals surface area contributed by atoms with Crippen molar-refractivity contribution in [3.63, 3.8) is 0 Å². The van der Waals surface area contributed by atoms with E-state index in [9.17, 15) is 4.39 Å². The second-order valence-corrected chi connectivity index (χ2v) is 10.5. The second-order valence-electron chi connectivity index (χ2n) is 5.38. The molecule has 1 nitrogen and oxygen atoms in total. The maximum Gasteiger partial charge on any atom is 0.132 e. The van der Waals surface area contributed by atoms with Crippen LogP contribution in [0.5, 0.6) is 0 Å². The molecule has 1 aromatic heterocycles. The third kappa shape index (κ3) is 2.67. The number of halogens is 1. The predicted molar refractivity (Wildman–Crippen MR) is 77.3 cm³/mol. The zero-order chi connectivity index (χ0) is 15.8. The fraction of sp³-hybridized carbons (Fsp3) is 0.267. The van der Waals surface area contributed by atoms with Gasteiger partial charge in [0.1, 0.15) is 5.82 Å². The van der Waals surface area contributed by atoms with E-state index in [-0.39, 0.29) is 5.56 Å². The Kier molecular flexibility index (Phi) is 2.44. The summed E-state index contributed by atoms with van der Waals surface area (Å²) in [6.07, 6.45) is 1.79. The van der Waals surface area contributed by atoms with E-state index in [4.69, 9.17) is 4.11 Å². The van der Waals surface area contributed by atoms with Crippen molar-refractivity contribution in [2.75, 3.05) is 0 Å². The van der Waals surface area contributed by atoms with Gasteiger partial charge in [-0.15, -0.1) is 0 Å². The SMILES string of the molecule is [2H]C([2H])([2H])c1ccc(-c2ccc([Si](C)(C)C)cn2)c(F)c1. The maximum absolute atomic E-state index is 14.1. The van der Waals surface area contributed by atoms with E-state index in [1.54, 1.807) is 12.3 Å². The monoisotopic (exact) mass is 262 g/mol. The number of pyridine rings is 1. The van der Waals surface area contributed by atoms with Gasteiger partial charge in [-0.3, -0.25) is 4.98 Å². The van der Waals surface area contributed by atoms with Gasteiger partial charge in [0.2, 0.25) is 0 Å². The summed E-state index contributed by atoms with van der Waals surface area (Å²) in [5.74, 6) is -0.558. The van der Waals surface area contributed by atoms with Crippen molar-refractivity contribution in [2.45, 2.75) is 26.5 Å². The minimum atomic E-state index is -2.30. The van der Waals surface area contributed by atoms with E-state index >= 15 is 0 Å². The molecule has 1 heterocycles. The van der Waals surface area contributed by atoms with E-state index in [0.29, 0.717) is 11.3 Å². The average molecular weight is 262 g/mol. The molecule has 3 heteroatoms. The molecular formula is C15H18FNSi. The molecular weight excluding hydrogens is 241 g/mol. The van der Waals surface area contributed by atoms with Gasteiger partial charge in [-0.1, -0.05) is 31.8 Å². The standard InChI is InChI=1S/C15H18FNSi/c1-11-5-7-13(14(16)9-11)15-8-6-12(10-17-15)18(2,3)4/h5-10H,1-4H3/i1D3. The summed E-state index contributed by atoms with van der Waals surface area (Å²) in [6.45, 7) is 4.36. The third-order valence-electron chi connectivity index (χ3n) is 2.87. The molecule has 0 aliphatic carbocycles. The van der Waals surface area contributed by atoms with E-state index in [1.165, 1.54) is 17.3 Å². The van der Waals surface area contributed by atoms with Crippen LogP contribution in [0, 0.1) is 12.7 Å². The van der Waals surface area contributed by atoms with Crippen LogP contribution >= 0.6 is 0 Å². The predicted octanol–water partition coefficient (Wildman–Crippen LogP) is 3.74. The number of rotatable bonds is 2. The fourth-order valence-electron chi connectivity index (χ4n) is 1.72. The summed E-state index contributed by atoms with van der Waals surface area (Å²) in [7, 11) is -1.44. The summed E-state index contributed by atoms with van der Waals surface area (Å²) in [5.41, 5.74) is 0.846. The largest absolute Gasteiger partial charge is 0.256 e. The lowest BCUT2D eigenvalue weighted by atomic mass is 10.1. The lowest BCUT2D eigenvalue weighted by Gasteiger charge is -2.16. The highest BCUT2D eigenvalue weighted by molar-refractivity contribution is 6.88. The van der Waals surface area contributed by atoms with Gasteiger partial charge in [-0.05, 0) is 35.8 Å². The van der Waals surface area contributed by atoms with Crippen molar-refractivity contribution in [2.24, 2.45) is 0 Å².